The van der Waals surface area contributed by atoms with Crippen LogP contribution in [0.2, 0.25) is 0 Å². The summed E-state index contributed by atoms with van der Waals surface area (Å²) < 4.78 is 5.32. The molecule has 1 aliphatic heterocycles. The van der Waals surface area contributed by atoms with Gasteiger partial charge in [-0.15, -0.1) is 0 Å². The Morgan fingerprint density at radius 3 is 2.86 bits per heavy atom. The average molecular weight is 310 g/mol. The predicted octanol–water partition coefficient (Wildman–Crippen LogP) is 3.16. The van der Waals surface area contributed by atoms with Crippen molar-refractivity contribution in [3.05, 3.63) is 22.4 Å². The molecule has 1 amide bonds. The van der Waals surface area contributed by atoms with Crippen molar-refractivity contribution in [1.29, 1.82) is 0 Å². The van der Waals surface area contributed by atoms with Crippen LogP contribution in [-0.2, 0) is 9.53 Å². The lowest BCUT2D eigenvalue weighted by molar-refractivity contribution is -0.133. The summed E-state index contributed by atoms with van der Waals surface area (Å²) in [6.45, 7) is 4.86. The first kappa shape index (κ1) is 16.5. The second-order valence-corrected chi connectivity index (χ2v) is 6.36. The van der Waals surface area contributed by atoms with Gasteiger partial charge in [0.05, 0.1) is 18.7 Å². The molecule has 0 aromatic carbocycles. The van der Waals surface area contributed by atoms with Gasteiger partial charge in [0.25, 0.3) is 0 Å². The van der Waals surface area contributed by atoms with E-state index in [0.717, 1.165) is 25.7 Å². The minimum Gasteiger partial charge on any atom is -0.383 e. The number of unbranched alkanes of at least 4 members (excludes halogenated alkanes) is 1. The fourth-order valence-electron chi connectivity index (χ4n) is 2.93. The van der Waals surface area contributed by atoms with Crippen LogP contribution in [0, 0.1) is 0 Å². The summed E-state index contributed by atoms with van der Waals surface area (Å²) in [7, 11) is 1.70. The zero-order chi connectivity index (χ0) is 15.2. The first-order chi connectivity index (χ1) is 10.2. The highest BCUT2D eigenvalue weighted by molar-refractivity contribution is 7.07. The van der Waals surface area contributed by atoms with Crippen molar-refractivity contribution in [2.75, 3.05) is 13.7 Å². The highest BCUT2D eigenvalue weighted by atomic mass is 32.1. The van der Waals surface area contributed by atoms with Crippen LogP contribution in [-0.4, -0.2) is 36.6 Å². The van der Waals surface area contributed by atoms with Gasteiger partial charge in [-0.3, -0.25) is 10.1 Å². The molecule has 0 radical (unpaired) electrons. The van der Waals surface area contributed by atoms with Crippen LogP contribution >= 0.6 is 11.3 Å². The summed E-state index contributed by atoms with van der Waals surface area (Å²) >= 11 is 1.67. The second-order valence-electron chi connectivity index (χ2n) is 5.58. The number of hydrogen-bond donors (Lipinski definition) is 1. The highest BCUT2D eigenvalue weighted by Gasteiger charge is 2.42. The molecule has 2 heterocycles. The molecule has 118 valence electrons. The number of thiophene rings is 1. The molecule has 0 spiro atoms. The lowest BCUT2D eigenvalue weighted by Gasteiger charge is -2.31. The number of carbonyl (C=O) groups excluding carboxylic acids is 1. The molecule has 1 aromatic heterocycles. The monoisotopic (exact) mass is 310 g/mol. The lowest BCUT2D eigenvalue weighted by Crippen LogP contribution is -2.42. The zero-order valence-corrected chi connectivity index (χ0v) is 14.0. The van der Waals surface area contributed by atoms with Crippen LogP contribution in [0.3, 0.4) is 0 Å². The van der Waals surface area contributed by atoms with Gasteiger partial charge in [0.15, 0.2) is 0 Å². The first-order valence-corrected chi connectivity index (χ1v) is 8.76. The molecule has 5 heteroatoms. The van der Waals surface area contributed by atoms with Crippen LogP contribution in [0.5, 0.6) is 0 Å². The van der Waals surface area contributed by atoms with E-state index in [0.29, 0.717) is 6.61 Å². The molecule has 1 saturated heterocycles. The lowest BCUT2D eigenvalue weighted by atomic mass is 10.1. The SMILES string of the molecule is CCCCC1NC(c2ccsc2)N(C(CC)COC)C1=O. The number of hydrogen-bond acceptors (Lipinski definition) is 4. The molecule has 3 unspecified atom stereocenters. The summed E-state index contributed by atoms with van der Waals surface area (Å²) in [6, 6.07) is 2.18. The van der Waals surface area contributed by atoms with E-state index in [-0.39, 0.29) is 24.2 Å². The topological polar surface area (TPSA) is 41.6 Å². The molecule has 1 N–H and O–H groups in total. The molecule has 3 atom stereocenters. The quantitative estimate of drug-likeness (QED) is 0.802. The van der Waals surface area contributed by atoms with Gasteiger partial charge >= 0.3 is 0 Å². The maximum absolute atomic E-state index is 12.8. The summed E-state index contributed by atoms with van der Waals surface area (Å²) in [6.07, 6.45) is 4.00. The fraction of sp³-hybridized carbons (Fsp3) is 0.688. The van der Waals surface area contributed by atoms with Crippen molar-refractivity contribution in [1.82, 2.24) is 10.2 Å². The Bertz CT molecular complexity index is 435. The molecule has 0 bridgehead atoms. The first-order valence-electron chi connectivity index (χ1n) is 7.82. The summed E-state index contributed by atoms with van der Waals surface area (Å²) in [5.74, 6) is 0.226. The van der Waals surface area contributed by atoms with Crippen LogP contribution in [0.25, 0.3) is 0 Å². The Balaban J connectivity index is 2.20. The van der Waals surface area contributed by atoms with E-state index in [9.17, 15) is 4.79 Å². The minimum atomic E-state index is -0.0549. The molecule has 1 fully saturated rings. The van der Waals surface area contributed by atoms with E-state index < -0.39 is 0 Å². The maximum Gasteiger partial charge on any atom is 0.241 e. The van der Waals surface area contributed by atoms with Crippen molar-refractivity contribution >= 4 is 17.2 Å². The van der Waals surface area contributed by atoms with Gasteiger partial charge in [0.2, 0.25) is 5.91 Å². The van der Waals surface area contributed by atoms with E-state index in [4.69, 9.17) is 4.74 Å². The van der Waals surface area contributed by atoms with Gasteiger partial charge in [0.1, 0.15) is 6.17 Å². The zero-order valence-electron chi connectivity index (χ0n) is 13.2. The van der Waals surface area contributed by atoms with Crippen molar-refractivity contribution in [3.63, 3.8) is 0 Å². The van der Waals surface area contributed by atoms with Gasteiger partial charge in [-0.1, -0.05) is 26.7 Å². The number of carbonyl (C=O) groups is 1. The third-order valence-electron chi connectivity index (χ3n) is 4.12. The Hall–Kier alpha value is -0.910. The van der Waals surface area contributed by atoms with Gasteiger partial charge in [-0.2, -0.15) is 11.3 Å². The summed E-state index contributed by atoms with van der Waals surface area (Å²) in [5, 5.41) is 7.72. The van der Waals surface area contributed by atoms with E-state index >= 15 is 0 Å². The van der Waals surface area contributed by atoms with E-state index in [1.165, 1.54) is 5.56 Å². The Morgan fingerprint density at radius 1 is 1.48 bits per heavy atom. The van der Waals surface area contributed by atoms with Crippen LogP contribution in [0.15, 0.2) is 16.8 Å². The Labute approximate surface area is 131 Å². The molecule has 0 aliphatic carbocycles. The summed E-state index contributed by atoms with van der Waals surface area (Å²) in [5.41, 5.74) is 1.18. The number of ether oxygens (including phenoxy) is 1. The maximum atomic E-state index is 12.8. The van der Waals surface area contributed by atoms with E-state index in [1.807, 2.05) is 4.90 Å². The smallest absolute Gasteiger partial charge is 0.241 e. The molecule has 2 rings (SSSR count). The molecule has 1 aliphatic rings. The number of nitrogens with one attached hydrogen (secondary N) is 1. The van der Waals surface area contributed by atoms with Gasteiger partial charge in [-0.05, 0) is 35.2 Å². The van der Waals surface area contributed by atoms with Gasteiger partial charge in [-0.25, -0.2) is 0 Å². The largest absolute Gasteiger partial charge is 0.383 e. The van der Waals surface area contributed by atoms with Crippen LogP contribution < -0.4 is 5.32 Å². The van der Waals surface area contributed by atoms with Crippen molar-refractivity contribution < 1.29 is 9.53 Å². The molecule has 4 nitrogen and oxygen atoms in total. The minimum absolute atomic E-state index is 0.00861. The molecular weight excluding hydrogens is 284 g/mol. The van der Waals surface area contributed by atoms with Crippen molar-refractivity contribution in [2.45, 2.75) is 57.8 Å². The number of rotatable bonds is 8. The molecule has 0 saturated carbocycles. The number of nitrogens with zero attached hydrogens (tertiary/aromatic N) is 1. The standard InChI is InChI=1S/C16H26N2O2S/c1-4-6-7-14-16(19)18(13(5-2)10-20-3)15(17-14)12-8-9-21-11-12/h8-9,11,13-15,17H,4-7,10H2,1-3H3. The molecular formula is C16H26N2O2S. The second kappa shape index (κ2) is 7.92. The van der Waals surface area contributed by atoms with Gasteiger partial charge in [0, 0.05) is 7.11 Å². The highest BCUT2D eigenvalue weighted by Crippen LogP contribution is 2.31. The number of methoxy groups -OCH3 is 1. The van der Waals surface area contributed by atoms with E-state index in [1.54, 1.807) is 18.4 Å². The molecule has 21 heavy (non-hydrogen) atoms. The fourth-order valence-corrected chi connectivity index (χ4v) is 3.61. The number of amides is 1. The normalized spacial score (nSPS) is 23.8. The third kappa shape index (κ3) is 3.65. The van der Waals surface area contributed by atoms with Crippen LogP contribution in [0.1, 0.15) is 51.3 Å². The van der Waals surface area contributed by atoms with Crippen molar-refractivity contribution in [3.8, 4) is 0 Å². The Kier molecular flexibility index (Phi) is 6.21. The average Bonchev–Trinajstić information content (AvgIpc) is 3.11. The summed E-state index contributed by atoms with van der Waals surface area (Å²) in [4.78, 5) is 14.8. The molecule has 1 aromatic rings. The van der Waals surface area contributed by atoms with Crippen molar-refractivity contribution in [2.24, 2.45) is 0 Å². The Morgan fingerprint density at radius 2 is 2.29 bits per heavy atom. The van der Waals surface area contributed by atoms with Gasteiger partial charge < -0.3 is 9.64 Å². The van der Waals surface area contributed by atoms with Crippen LogP contribution in [0.4, 0.5) is 0 Å². The van der Waals surface area contributed by atoms with E-state index in [2.05, 4.69) is 36.0 Å². The predicted molar refractivity (Wildman–Crippen MR) is 86.3 cm³/mol. The third-order valence-corrected chi connectivity index (χ3v) is 4.82.